The number of ether oxygens (including phenoxy) is 1. The van der Waals surface area contributed by atoms with Crippen molar-refractivity contribution in [1.82, 2.24) is 0 Å². The van der Waals surface area contributed by atoms with Gasteiger partial charge in [0.25, 0.3) is 0 Å². The first-order valence-electron chi connectivity index (χ1n) is 13.0. The smallest absolute Gasteiger partial charge is 0.305 e. The van der Waals surface area contributed by atoms with Crippen molar-refractivity contribution in [3.05, 3.63) is 12.2 Å². The van der Waals surface area contributed by atoms with Gasteiger partial charge in [-0.1, -0.05) is 53.2 Å². The first-order valence-corrected chi connectivity index (χ1v) is 13.0. The van der Waals surface area contributed by atoms with Crippen LogP contribution < -0.4 is 0 Å². The highest BCUT2D eigenvalue weighted by Crippen LogP contribution is 2.66. The summed E-state index contributed by atoms with van der Waals surface area (Å²) < 4.78 is 4.88. The number of methoxy groups -OCH3 is 1. The van der Waals surface area contributed by atoms with E-state index in [9.17, 15) is 9.59 Å². The minimum Gasteiger partial charge on any atom is -0.469 e. The van der Waals surface area contributed by atoms with E-state index >= 15 is 0 Å². The number of esters is 1. The van der Waals surface area contributed by atoms with Gasteiger partial charge in [0, 0.05) is 18.3 Å². The third-order valence-electron chi connectivity index (χ3n) is 10.6. The van der Waals surface area contributed by atoms with Gasteiger partial charge >= 0.3 is 5.97 Å². The fourth-order valence-electron chi connectivity index (χ4n) is 8.83. The van der Waals surface area contributed by atoms with Crippen LogP contribution in [-0.4, -0.2) is 18.9 Å². The van der Waals surface area contributed by atoms with Gasteiger partial charge in [-0.05, 0) is 84.9 Å². The lowest BCUT2D eigenvalue weighted by molar-refractivity contribution is -0.155. The van der Waals surface area contributed by atoms with Crippen molar-refractivity contribution >= 4 is 11.8 Å². The lowest BCUT2D eigenvalue weighted by atomic mass is 9.43. The summed E-state index contributed by atoms with van der Waals surface area (Å²) in [5.41, 5.74) is 0.355. The molecule has 3 unspecified atom stereocenters. The number of hydrogen-bond donors (Lipinski definition) is 0. The summed E-state index contributed by atoms with van der Waals surface area (Å²) in [5, 5.41) is 0. The zero-order valence-electron chi connectivity index (χ0n) is 20.7. The lowest BCUT2D eigenvalue weighted by Crippen LogP contribution is -2.58. The Morgan fingerprint density at radius 2 is 1.97 bits per heavy atom. The van der Waals surface area contributed by atoms with Crippen molar-refractivity contribution in [2.45, 2.75) is 86.0 Å². The summed E-state index contributed by atoms with van der Waals surface area (Å²) in [7, 11) is 1.47. The largest absolute Gasteiger partial charge is 0.469 e. The molecule has 0 radical (unpaired) electrons. The molecule has 3 heteroatoms. The molecule has 10 atom stereocenters. The maximum absolute atomic E-state index is 14.0. The van der Waals surface area contributed by atoms with Gasteiger partial charge in [-0.25, -0.2) is 0 Å². The Hall–Kier alpha value is -1.12. The van der Waals surface area contributed by atoms with Crippen LogP contribution in [0.1, 0.15) is 86.0 Å². The highest BCUT2D eigenvalue weighted by molar-refractivity contribution is 5.86. The van der Waals surface area contributed by atoms with Crippen molar-refractivity contribution in [1.29, 1.82) is 0 Å². The van der Waals surface area contributed by atoms with E-state index < -0.39 is 0 Å². The topological polar surface area (TPSA) is 43.4 Å². The standard InChI is InChI=1S/C28H44O3/c1-7-19-23-16-17(2)12-14-28(23,5)22-13-15-27(4)20(18(3)8-11-24(29)31-6)9-10-21(27)25(22)26(19)30/h13,15,17-23,25H,7-12,14,16H2,1-6H3/t17-,18-,19-,20-,21?,22?,23+,25?,27-,28-/m1/s1. The molecule has 0 aromatic heterocycles. The number of carbonyl (C=O) groups excluding carboxylic acids is 2. The number of fused-ring (bicyclic) bond motifs is 5. The monoisotopic (exact) mass is 428 g/mol. The number of allylic oxidation sites excluding steroid dienone is 2. The molecular formula is C28H44O3. The Kier molecular flexibility index (Phi) is 6.20. The molecule has 174 valence electrons. The van der Waals surface area contributed by atoms with E-state index in [-0.39, 0.29) is 28.6 Å². The van der Waals surface area contributed by atoms with Gasteiger partial charge in [-0.15, -0.1) is 0 Å². The molecule has 0 amide bonds. The number of rotatable bonds is 5. The Balaban J connectivity index is 1.64. The third kappa shape index (κ3) is 3.53. The highest BCUT2D eigenvalue weighted by atomic mass is 16.5. The van der Waals surface area contributed by atoms with E-state index in [1.165, 1.54) is 32.8 Å². The molecule has 0 aromatic rings. The molecule has 31 heavy (non-hydrogen) atoms. The Morgan fingerprint density at radius 1 is 1.23 bits per heavy atom. The molecule has 0 N–H and O–H groups in total. The fourth-order valence-corrected chi connectivity index (χ4v) is 8.83. The van der Waals surface area contributed by atoms with Gasteiger partial charge in [0.2, 0.25) is 0 Å². The number of hydrogen-bond acceptors (Lipinski definition) is 3. The Bertz CT molecular complexity index is 741. The number of carbonyl (C=O) groups is 2. The van der Waals surface area contributed by atoms with Crippen molar-refractivity contribution in [2.24, 2.45) is 58.2 Å². The van der Waals surface area contributed by atoms with E-state index in [1.807, 2.05) is 0 Å². The predicted octanol–water partition coefficient (Wildman–Crippen LogP) is 6.46. The van der Waals surface area contributed by atoms with Crippen molar-refractivity contribution in [2.75, 3.05) is 7.11 Å². The predicted molar refractivity (Wildman–Crippen MR) is 124 cm³/mol. The second-order valence-corrected chi connectivity index (χ2v) is 12.1. The fraction of sp³-hybridized carbons (Fsp3) is 0.857. The van der Waals surface area contributed by atoms with Gasteiger partial charge in [0.15, 0.2) is 0 Å². The molecule has 4 aliphatic carbocycles. The maximum Gasteiger partial charge on any atom is 0.305 e. The minimum atomic E-state index is -0.107. The van der Waals surface area contributed by atoms with Crippen molar-refractivity contribution in [3.63, 3.8) is 0 Å². The zero-order chi connectivity index (χ0) is 22.6. The summed E-state index contributed by atoms with van der Waals surface area (Å²) in [6.45, 7) is 11.9. The van der Waals surface area contributed by atoms with Crippen LogP contribution in [0.25, 0.3) is 0 Å². The number of ketones is 1. The highest BCUT2D eigenvalue weighted by Gasteiger charge is 2.63. The zero-order valence-corrected chi connectivity index (χ0v) is 20.7. The van der Waals surface area contributed by atoms with Crippen molar-refractivity contribution < 1.29 is 14.3 Å². The molecule has 0 aromatic carbocycles. The second kappa shape index (κ2) is 8.34. The molecule has 0 aliphatic heterocycles. The van der Waals surface area contributed by atoms with Crippen LogP contribution in [0.15, 0.2) is 12.2 Å². The molecule has 0 heterocycles. The van der Waals surface area contributed by atoms with E-state index in [4.69, 9.17) is 4.74 Å². The lowest BCUT2D eigenvalue weighted by Gasteiger charge is -2.60. The van der Waals surface area contributed by atoms with E-state index in [0.717, 1.165) is 25.2 Å². The van der Waals surface area contributed by atoms with Gasteiger partial charge in [0.1, 0.15) is 5.78 Å². The molecule has 4 rings (SSSR count). The number of Topliss-reactive ketones (excluding diaryl/α,β-unsaturated/α-hetero) is 1. The Labute approximate surface area is 189 Å². The first kappa shape index (κ1) is 23.1. The summed E-state index contributed by atoms with van der Waals surface area (Å²) in [4.78, 5) is 25.7. The van der Waals surface area contributed by atoms with Crippen LogP contribution in [0.2, 0.25) is 0 Å². The van der Waals surface area contributed by atoms with E-state index in [1.54, 1.807) is 0 Å². The quantitative estimate of drug-likeness (QED) is 0.373. The SMILES string of the molecule is CC[C@H]1C(=O)C2C3CC[C@H]([C@H](C)CCC(=O)OC)[C@@]3(C)C=CC2[C@@]2(C)CC[C@@H](C)C[C@@H]12. The molecule has 3 nitrogen and oxygen atoms in total. The normalized spacial score (nSPS) is 47.3. The first-order chi connectivity index (χ1) is 14.7. The van der Waals surface area contributed by atoms with Crippen LogP contribution in [0, 0.1) is 58.2 Å². The molecule has 3 saturated carbocycles. The summed E-state index contributed by atoms with van der Waals surface area (Å²) in [6.07, 6.45) is 13.6. The van der Waals surface area contributed by atoms with Gasteiger partial charge in [-0.3, -0.25) is 9.59 Å². The summed E-state index contributed by atoms with van der Waals surface area (Å²) in [6, 6.07) is 0. The van der Waals surface area contributed by atoms with Gasteiger partial charge < -0.3 is 4.74 Å². The Morgan fingerprint density at radius 3 is 2.65 bits per heavy atom. The van der Waals surface area contributed by atoms with Crippen LogP contribution in [0.3, 0.4) is 0 Å². The molecule has 4 aliphatic rings. The molecule has 0 spiro atoms. The molecule has 3 fully saturated rings. The third-order valence-corrected chi connectivity index (χ3v) is 10.6. The average Bonchev–Trinajstić information content (AvgIpc) is 3.10. The molecular weight excluding hydrogens is 384 g/mol. The van der Waals surface area contributed by atoms with Crippen LogP contribution in [0.4, 0.5) is 0 Å². The summed E-state index contributed by atoms with van der Waals surface area (Å²) >= 11 is 0. The average molecular weight is 429 g/mol. The van der Waals surface area contributed by atoms with Gasteiger partial charge in [-0.2, -0.15) is 0 Å². The van der Waals surface area contributed by atoms with E-state index in [0.29, 0.717) is 41.8 Å². The maximum atomic E-state index is 14.0. The van der Waals surface area contributed by atoms with Crippen LogP contribution >= 0.6 is 0 Å². The molecule has 0 saturated heterocycles. The van der Waals surface area contributed by atoms with Gasteiger partial charge in [0.05, 0.1) is 7.11 Å². The summed E-state index contributed by atoms with van der Waals surface area (Å²) in [5.74, 6) is 4.14. The van der Waals surface area contributed by atoms with E-state index in [2.05, 4.69) is 46.8 Å². The molecule has 0 bridgehead atoms. The van der Waals surface area contributed by atoms with Crippen LogP contribution in [-0.2, 0) is 14.3 Å². The van der Waals surface area contributed by atoms with Crippen molar-refractivity contribution in [3.8, 4) is 0 Å². The second-order valence-electron chi connectivity index (χ2n) is 12.1. The minimum absolute atomic E-state index is 0.0792. The van der Waals surface area contributed by atoms with Crippen LogP contribution in [0.5, 0.6) is 0 Å².